The first kappa shape index (κ1) is 13.3. The Kier molecular flexibility index (Phi) is 2.97. The number of nitrogens with one attached hydrogen (secondary N) is 1. The van der Waals surface area contributed by atoms with Crippen LogP contribution in [0.4, 0.5) is 13.2 Å². The summed E-state index contributed by atoms with van der Waals surface area (Å²) in [4.78, 5) is 25.8. The SMILES string of the molecule is CC(N)n1c(=O)[nH]c2cccc(C(F)(F)F)c2c1=O. The van der Waals surface area contributed by atoms with Gasteiger partial charge in [-0.25, -0.2) is 9.36 Å². The fourth-order valence-electron chi connectivity index (χ4n) is 1.88. The zero-order valence-electron chi connectivity index (χ0n) is 9.78. The summed E-state index contributed by atoms with van der Waals surface area (Å²) < 4.78 is 39.1. The minimum Gasteiger partial charge on any atom is -0.311 e. The summed E-state index contributed by atoms with van der Waals surface area (Å²) in [7, 11) is 0. The fourth-order valence-corrected chi connectivity index (χ4v) is 1.88. The number of hydrogen-bond donors (Lipinski definition) is 2. The standard InChI is InChI=1S/C11H10F3N3O2/c1-5(15)17-9(18)8-6(11(12,13)14)3-2-4-7(8)16-10(17)19/h2-5H,15H2,1H3,(H,16,19). The number of aromatic amines is 1. The van der Waals surface area contributed by atoms with Crippen LogP contribution in [-0.4, -0.2) is 9.55 Å². The third-order valence-electron chi connectivity index (χ3n) is 2.67. The van der Waals surface area contributed by atoms with E-state index in [2.05, 4.69) is 4.98 Å². The van der Waals surface area contributed by atoms with Crippen LogP contribution in [0.2, 0.25) is 0 Å². The first-order chi connectivity index (χ1) is 8.73. The molecule has 0 fully saturated rings. The van der Waals surface area contributed by atoms with Crippen LogP contribution in [0.15, 0.2) is 27.8 Å². The van der Waals surface area contributed by atoms with Gasteiger partial charge in [0.2, 0.25) is 0 Å². The Morgan fingerprint density at radius 3 is 2.47 bits per heavy atom. The van der Waals surface area contributed by atoms with Crippen molar-refractivity contribution >= 4 is 10.9 Å². The van der Waals surface area contributed by atoms with Crippen LogP contribution in [0.3, 0.4) is 0 Å². The molecule has 19 heavy (non-hydrogen) atoms. The molecule has 5 nitrogen and oxygen atoms in total. The number of H-pyrrole nitrogens is 1. The Morgan fingerprint density at radius 1 is 1.32 bits per heavy atom. The maximum Gasteiger partial charge on any atom is 0.417 e. The number of aromatic nitrogens is 2. The largest absolute Gasteiger partial charge is 0.417 e. The van der Waals surface area contributed by atoms with Crippen molar-refractivity contribution in [3.05, 3.63) is 44.6 Å². The first-order valence-corrected chi connectivity index (χ1v) is 5.34. The van der Waals surface area contributed by atoms with Crippen molar-refractivity contribution in [1.82, 2.24) is 9.55 Å². The number of alkyl halides is 3. The summed E-state index contributed by atoms with van der Waals surface area (Å²) in [6.07, 6.45) is -5.71. The lowest BCUT2D eigenvalue weighted by molar-refractivity contribution is -0.136. The summed E-state index contributed by atoms with van der Waals surface area (Å²) in [5, 5.41) is -0.591. The molecule has 1 heterocycles. The summed E-state index contributed by atoms with van der Waals surface area (Å²) in [6, 6.07) is 3.14. The van der Waals surface area contributed by atoms with Gasteiger partial charge < -0.3 is 10.7 Å². The van der Waals surface area contributed by atoms with E-state index in [-0.39, 0.29) is 5.52 Å². The minimum atomic E-state index is -4.69. The van der Waals surface area contributed by atoms with Gasteiger partial charge in [-0.15, -0.1) is 0 Å². The van der Waals surface area contributed by atoms with E-state index in [9.17, 15) is 22.8 Å². The highest BCUT2D eigenvalue weighted by atomic mass is 19.4. The van der Waals surface area contributed by atoms with Crippen LogP contribution < -0.4 is 17.0 Å². The predicted molar refractivity (Wildman–Crippen MR) is 62.7 cm³/mol. The lowest BCUT2D eigenvalue weighted by Crippen LogP contribution is -2.40. The average Bonchev–Trinajstić information content (AvgIpc) is 2.26. The van der Waals surface area contributed by atoms with Crippen LogP contribution in [0.1, 0.15) is 18.7 Å². The van der Waals surface area contributed by atoms with Crippen molar-refractivity contribution in [1.29, 1.82) is 0 Å². The van der Waals surface area contributed by atoms with E-state index >= 15 is 0 Å². The highest BCUT2D eigenvalue weighted by Crippen LogP contribution is 2.32. The molecule has 0 spiro atoms. The van der Waals surface area contributed by atoms with E-state index in [1.165, 1.54) is 13.0 Å². The number of nitrogens with two attached hydrogens (primary N) is 1. The van der Waals surface area contributed by atoms with Crippen molar-refractivity contribution in [2.45, 2.75) is 19.3 Å². The second-order valence-electron chi connectivity index (χ2n) is 4.07. The molecule has 2 aromatic rings. The van der Waals surface area contributed by atoms with Crippen molar-refractivity contribution in [2.24, 2.45) is 5.73 Å². The van der Waals surface area contributed by atoms with Crippen molar-refractivity contribution in [3.8, 4) is 0 Å². The molecule has 8 heteroatoms. The highest BCUT2D eigenvalue weighted by molar-refractivity contribution is 5.81. The van der Waals surface area contributed by atoms with Gasteiger partial charge in [-0.1, -0.05) is 6.07 Å². The summed E-state index contributed by atoms with van der Waals surface area (Å²) >= 11 is 0. The normalized spacial score (nSPS) is 13.7. The quantitative estimate of drug-likeness (QED) is 0.818. The molecule has 1 aromatic heterocycles. The topological polar surface area (TPSA) is 80.9 Å². The number of halogens is 3. The molecule has 0 aliphatic carbocycles. The molecule has 0 aliphatic rings. The third kappa shape index (κ3) is 2.14. The highest BCUT2D eigenvalue weighted by Gasteiger charge is 2.34. The fraction of sp³-hybridized carbons (Fsp3) is 0.273. The Balaban J connectivity index is 3.02. The lowest BCUT2D eigenvalue weighted by Gasteiger charge is -2.13. The van der Waals surface area contributed by atoms with Gasteiger partial charge in [0, 0.05) is 0 Å². The van der Waals surface area contributed by atoms with Crippen LogP contribution in [0, 0.1) is 0 Å². The summed E-state index contributed by atoms with van der Waals surface area (Å²) in [6.45, 7) is 1.33. The van der Waals surface area contributed by atoms with Crippen LogP contribution in [0.25, 0.3) is 10.9 Å². The van der Waals surface area contributed by atoms with Crippen LogP contribution in [-0.2, 0) is 6.18 Å². The zero-order valence-corrected chi connectivity index (χ0v) is 9.78. The monoisotopic (exact) mass is 273 g/mol. The predicted octanol–water partition coefficient (Wildman–Crippen LogP) is 1.19. The van der Waals surface area contributed by atoms with Gasteiger partial charge in [-0.05, 0) is 19.1 Å². The molecule has 0 saturated heterocycles. The molecule has 1 aromatic carbocycles. The van der Waals surface area contributed by atoms with Crippen LogP contribution in [0.5, 0.6) is 0 Å². The van der Waals surface area contributed by atoms with E-state index in [0.717, 1.165) is 12.1 Å². The van der Waals surface area contributed by atoms with Crippen molar-refractivity contribution in [2.75, 3.05) is 0 Å². The van der Waals surface area contributed by atoms with Crippen molar-refractivity contribution in [3.63, 3.8) is 0 Å². The zero-order chi connectivity index (χ0) is 14.4. The average molecular weight is 273 g/mol. The molecule has 0 bridgehead atoms. The van der Waals surface area contributed by atoms with E-state index < -0.39 is 34.5 Å². The number of hydrogen-bond acceptors (Lipinski definition) is 3. The van der Waals surface area contributed by atoms with Crippen molar-refractivity contribution < 1.29 is 13.2 Å². The maximum atomic E-state index is 12.9. The molecular formula is C11H10F3N3O2. The third-order valence-corrected chi connectivity index (χ3v) is 2.67. The molecular weight excluding hydrogens is 263 g/mol. The molecule has 0 radical (unpaired) electrons. The molecule has 3 N–H and O–H groups in total. The maximum absolute atomic E-state index is 12.9. The minimum absolute atomic E-state index is 0.165. The number of fused-ring (bicyclic) bond motifs is 1. The lowest BCUT2D eigenvalue weighted by atomic mass is 10.1. The molecule has 1 atom stereocenters. The van der Waals surface area contributed by atoms with Gasteiger partial charge in [-0.2, -0.15) is 13.2 Å². The summed E-state index contributed by atoms with van der Waals surface area (Å²) in [5.41, 5.74) is 2.27. The van der Waals surface area contributed by atoms with Crippen LogP contribution >= 0.6 is 0 Å². The smallest absolute Gasteiger partial charge is 0.311 e. The van der Waals surface area contributed by atoms with Gasteiger partial charge in [0.05, 0.1) is 22.6 Å². The second kappa shape index (κ2) is 4.23. The molecule has 0 amide bonds. The number of nitrogens with zero attached hydrogens (tertiary/aromatic N) is 1. The van der Waals surface area contributed by atoms with E-state index in [1.54, 1.807) is 0 Å². The van der Waals surface area contributed by atoms with Gasteiger partial charge in [0.15, 0.2) is 0 Å². The molecule has 0 aliphatic heterocycles. The van der Waals surface area contributed by atoms with Gasteiger partial charge in [0.1, 0.15) is 0 Å². The molecule has 2 rings (SSSR count). The Labute approximate surface area is 104 Å². The summed E-state index contributed by atoms with van der Waals surface area (Å²) in [5.74, 6) is 0. The second-order valence-corrected chi connectivity index (χ2v) is 4.07. The number of rotatable bonds is 1. The van der Waals surface area contributed by atoms with E-state index in [1.807, 2.05) is 0 Å². The van der Waals surface area contributed by atoms with Gasteiger partial charge in [-0.3, -0.25) is 4.79 Å². The van der Waals surface area contributed by atoms with E-state index in [0.29, 0.717) is 4.57 Å². The Bertz CT molecular complexity index is 743. The number of benzene rings is 1. The Hall–Kier alpha value is -2.09. The van der Waals surface area contributed by atoms with Gasteiger partial charge in [0.25, 0.3) is 5.56 Å². The van der Waals surface area contributed by atoms with Gasteiger partial charge >= 0.3 is 11.9 Å². The molecule has 102 valence electrons. The molecule has 1 unspecified atom stereocenters. The Morgan fingerprint density at radius 2 is 1.95 bits per heavy atom. The molecule has 0 saturated carbocycles. The van der Waals surface area contributed by atoms with E-state index in [4.69, 9.17) is 5.73 Å². The first-order valence-electron chi connectivity index (χ1n) is 5.34.